The SMILES string of the molecule is Cc1ccccc1NC(=O)C[NH+]1CCCC[C@H]1c1nc2ccccc2s1. The molecular formula is C21H24N3OS+. The van der Waals surface area contributed by atoms with Gasteiger partial charge < -0.3 is 10.2 Å². The standard InChI is InChI=1S/C21H23N3OS/c1-15-8-2-3-9-16(15)22-20(25)14-24-13-7-6-11-18(24)21-23-17-10-4-5-12-19(17)26-21/h2-5,8-10,12,18H,6-7,11,13-14H2,1H3,(H,22,25)/p+1/t18-/m0/s1. The molecule has 26 heavy (non-hydrogen) atoms. The van der Waals surface area contributed by atoms with Crippen LogP contribution in [0.3, 0.4) is 0 Å². The van der Waals surface area contributed by atoms with Gasteiger partial charge in [0.25, 0.3) is 5.91 Å². The first-order valence-electron chi connectivity index (χ1n) is 9.26. The lowest BCUT2D eigenvalue weighted by Gasteiger charge is -2.30. The van der Waals surface area contributed by atoms with Crippen LogP contribution in [0.1, 0.15) is 35.9 Å². The van der Waals surface area contributed by atoms with Gasteiger partial charge in [0.1, 0.15) is 6.04 Å². The fourth-order valence-corrected chi connectivity index (χ4v) is 4.90. The molecule has 0 radical (unpaired) electrons. The van der Waals surface area contributed by atoms with E-state index in [-0.39, 0.29) is 5.91 Å². The number of para-hydroxylation sites is 2. The van der Waals surface area contributed by atoms with Crippen molar-refractivity contribution >= 4 is 33.1 Å². The minimum atomic E-state index is 0.0855. The van der Waals surface area contributed by atoms with E-state index >= 15 is 0 Å². The second-order valence-corrected chi connectivity index (χ2v) is 8.08. The van der Waals surface area contributed by atoms with E-state index in [0.29, 0.717) is 12.6 Å². The van der Waals surface area contributed by atoms with Crippen LogP contribution in [-0.2, 0) is 4.79 Å². The predicted molar refractivity (Wildman–Crippen MR) is 107 cm³/mol. The first-order chi connectivity index (χ1) is 12.7. The Balaban J connectivity index is 1.50. The topological polar surface area (TPSA) is 46.4 Å². The number of aryl methyl sites for hydroxylation is 1. The van der Waals surface area contributed by atoms with Gasteiger partial charge in [-0.15, -0.1) is 11.3 Å². The Morgan fingerprint density at radius 1 is 1.19 bits per heavy atom. The normalized spacial score (nSPS) is 20.2. The van der Waals surface area contributed by atoms with Gasteiger partial charge in [-0.1, -0.05) is 30.3 Å². The predicted octanol–water partition coefficient (Wildman–Crippen LogP) is 3.35. The van der Waals surface area contributed by atoms with E-state index in [0.717, 1.165) is 29.7 Å². The van der Waals surface area contributed by atoms with Gasteiger partial charge in [-0.05, 0) is 43.5 Å². The number of carbonyl (C=O) groups excluding carboxylic acids is 1. The molecule has 0 bridgehead atoms. The van der Waals surface area contributed by atoms with Crippen molar-refractivity contribution in [2.45, 2.75) is 32.2 Å². The first-order valence-corrected chi connectivity index (χ1v) is 10.1. The Hall–Kier alpha value is -2.24. The molecule has 1 aliphatic rings. The number of aromatic nitrogens is 1. The quantitative estimate of drug-likeness (QED) is 0.744. The van der Waals surface area contributed by atoms with E-state index in [1.54, 1.807) is 11.3 Å². The Morgan fingerprint density at radius 2 is 2.00 bits per heavy atom. The highest BCUT2D eigenvalue weighted by Gasteiger charge is 2.31. The summed E-state index contributed by atoms with van der Waals surface area (Å²) in [5.74, 6) is 0.0855. The summed E-state index contributed by atoms with van der Waals surface area (Å²) < 4.78 is 1.23. The third-order valence-corrected chi connectivity index (χ3v) is 6.30. The van der Waals surface area contributed by atoms with Crippen molar-refractivity contribution in [3.8, 4) is 0 Å². The fourth-order valence-electron chi connectivity index (χ4n) is 3.74. The molecule has 2 heterocycles. The molecule has 1 aromatic heterocycles. The summed E-state index contributed by atoms with van der Waals surface area (Å²) in [6, 6.07) is 16.6. The Bertz CT molecular complexity index is 887. The number of likely N-dealkylation sites (tertiary alicyclic amines) is 1. The molecule has 4 rings (SSSR count). The molecular weight excluding hydrogens is 342 g/mol. The molecule has 2 aromatic carbocycles. The zero-order valence-electron chi connectivity index (χ0n) is 15.0. The number of quaternary nitrogens is 1. The van der Waals surface area contributed by atoms with Crippen molar-refractivity contribution in [3.05, 3.63) is 59.1 Å². The molecule has 2 atom stereocenters. The largest absolute Gasteiger partial charge is 0.321 e. The lowest BCUT2D eigenvalue weighted by Crippen LogP contribution is -3.14. The van der Waals surface area contributed by atoms with E-state index < -0.39 is 0 Å². The Morgan fingerprint density at radius 3 is 2.85 bits per heavy atom. The number of fused-ring (bicyclic) bond motifs is 1. The smallest absolute Gasteiger partial charge is 0.279 e. The van der Waals surface area contributed by atoms with E-state index in [9.17, 15) is 4.79 Å². The molecule has 5 heteroatoms. The first kappa shape index (κ1) is 17.2. The average molecular weight is 367 g/mol. The number of nitrogens with zero attached hydrogens (tertiary/aromatic N) is 1. The fraction of sp³-hybridized carbons (Fsp3) is 0.333. The molecule has 4 nitrogen and oxygen atoms in total. The third kappa shape index (κ3) is 3.64. The summed E-state index contributed by atoms with van der Waals surface area (Å²) in [4.78, 5) is 18.8. The van der Waals surface area contributed by atoms with Crippen LogP contribution in [0.2, 0.25) is 0 Å². The van der Waals surface area contributed by atoms with Crippen molar-refractivity contribution in [1.82, 2.24) is 4.98 Å². The number of thiazole rings is 1. The Kier molecular flexibility index (Phi) is 5.00. The molecule has 1 fully saturated rings. The van der Waals surface area contributed by atoms with Gasteiger partial charge in [0.05, 0.1) is 16.8 Å². The van der Waals surface area contributed by atoms with Crippen molar-refractivity contribution < 1.29 is 9.69 Å². The van der Waals surface area contributed by atoms with Gasteiger partial charge in [0, 0.05) is 12.1 Å². The van der Waals surface area contributed by atoms with Crippen LogP contribution < -0.4 is 10.2 Å². The number of carbonyl (C=O) groups is 1. The van der Waals surface area contributed by atoms with Crippen LogP contribution >= 0.6 is 11.3 Å². The maximum atomic E-state index is 12.6. The molecule has 2 N–H and O–H groups in total. The lowest BCUT2D eigenvalue weighted by molar-refractivity contribution is -0.929. The number of hydrogen-bond donors (Lipinski definition) is 2. The summed E-state index contributed by atoms with van der Waals surface area (Å²) >= 11 is 1.78. The summed E-state index contributed by atoms with van der Waals surface area (Å²) in [5, 5.41) is 4.25. The minimum Gasteiger partial charge on any atom is -0.321 e. The monoisotopic (exact) mass is 366 g/mol. The zero-order chi connectivity index (χ0) is 17.9. The van der Waals surface area contributed by atoms with Gasteiger partial charge in [0.2, 0.25) is 0 Å². The van der Waals surface area contributed by atoms with Crippen molar-refractivity contribution in [2.24, 2.45) is 0 Å². The van der Waals surface area contributed by atoms with Gasteiger partial charge in [-0.25, -0.2) is 4.98 Å². The molecule has 0 aliphatic carbocycles. The molecule has 1 amide bonds. The zero-order valence-corrected chi connectivity index (χ0v) is 15.8. The van der Waals surface area contributed by atoms with Crippen molar-refractivity contribution in [3.63, 3.8) is 0 Å². The number of rotatable bonds is 4. The second kappa shape index (κ2) is 7.56. The van der Waals surface area contributed by atoms with Crippen LogP contribution in [0, 0.1) is 6.92 Å². The van der Waals surface area contributed by atoms with Crippen molar-refractivity contribution in [2.75, 3.05) is 18.4 Å². The van der Waals surface area contributed by atoms with Gasteiger partial charge in [0.15, 0.2) is 11.6 Å². The van der Waals surface area contributed by atoms with Crippen LogP contribution in [0.15, 0.2) is 48.5 Å². The minimum absolute atomic E-state index is 0.0855. The van der Waals surface area contributed by atoms with Crippen LogP contribution in [-0.4, -0.2) is 24.0 Å². The van der Waals surface area contributed by atoms with E-state index in [2.05, 4.69) is 23.5 Å². The van der Waals surface area contributed by atoms with Gasteiger partial charge >= 0.3 is 0 Å². The maximum absolute atomic E-state index is 12.6. The lowest BCUT2D eigenvalue weighted by atomic mass is 10.0. The molecule has 0 spiro atoms. The second-order valence-electron chi connectivity index (χ2n) is 7.02. The molecule has 0 saturated carbocycles. The van der Waals surface area contributed by atoms with E-state index in [1.807, 2.05) is 37.3 Å². The Labute approximate surface area is 157 Å². The summed E-state index contributed by atoms with van der Waals surface area (Å²) in [6.07, 6.45) is 3.49. The number of anilines is 1. The van der Waals surface area contributed by atoms with E-state index in [1.165, 1.54) is 27.4 Å². The highest BCUT2D eigenvalue weighted by Crippen LogP contribution is 2.28. The summed E-state index contributed by atoms with van der Waals surface area (Å²) in [6.45, 7) is 3.55. The number of benzene rings is 2. The third-order valence-electron chi connectivity index (χ3n) is 5.15. The molecule has 1 saturated heterocycles. The molecule has 1 aliphatic heterocycles. The summed E-state index contributed by atoms with van der Waals surface area (Å²) in [7, 11) is 0. The highest BCUT2D eigenvalue weighted by molar-refractivity contribution is 7.18. The molecule has 134 valence electrons. The van der Waals surface area contributed by atoms with Crippen LogP contribution in [0.5, 0.6) is 0 Å². The maximum Gasteiger partial charge on any atom is 0.279 e. The number of amides is 1. The average Bonchev–Trinajstić information content (AvgIpc) is 3.08. The summed E-state index contributed by atoms with van der Waals surface area (Å²) in [5.41, 5.74) is 3.07. The van der Waals surface area contributed by atoms with Crippen LogP contribution in [0.4, 0.5) is 5.69 Å². The highest BCUT2D eigenvalue weighted by atomic mass is 32.1. The number of hydrogen-bond acceptors (Lipinski definition) is 3. The van der Waals surface area contributed by atoms with Crippen LogP contribution in [0.25, 0.3) is 10.2 Å². The number of nitrogens with one attached hydrogen (secondary N) is 2. The number of piperidine rings is 1. The van der Waals surface area contributed by atoms with Crippen molar-refractivity contribution in [1.29, 1.82) is 0 Å². The van der Waals surface area contributed by atoms with Gasteiger partial charge in [-0.3, -0.25) is 4.79 Å². The van der Waals surface area contributed by atoms with Gasteiger partial charge in [-0.2, -0.15) is 0 Å². The molecule has 1 unspecified atom stereocenters. The molecule has 3 aromatic rings. The van der Waals surface area contributed by atoms with E-state index in [4.69, 9.17) is 4.98 Å².